The number of likely N-dealkylation sites (tertiary alicyclic amines) is 1. The van der Waals surface area contributed by atoms with E-state index in [2.05, 4.69) is 17.0 Å². The first-order chi connectivity index (χ1) is 22.2. The molecular formula is C34H42N2O9S2. The molecule has 1 fully saturated rings. The van der Waals surface area contributed by atoms with E-state index < -0.39 is 62.4 Å². The number of aliphatic hydroxyl groups excluding tert-OH is 1. The zero-order valence-electron chi connectivity index (χ0n) is 26.9. The van der Waals surface area contributed by atoms with E-state index in [0.29, 0.717) is 16.7 Å². The van der Waals surface area contributed by atoms with Gasteiger partial charge >= 0.3 is 11.9 Å². The quantitative estimate of drug-likeness (QED) is 0.310. The molecule has 4 rings (SSSR count). The summed E-state index contributed by atoms with van der Waals surface area (Å²) in [4.78, 5) is 31.2. The van der Waals surface area contributed by atoms with Gasteiger partial charge in [-0.15, -0.1) is 0 Å². The number of hydrogen-bond donors (Lipinski definition) is 1. The fourth-order valence-corrected chi connectivity index (χ4v) is 6.09. The standard InChI is InChI=1S/C34H42N2O9S2/c1-35-23-31(34(39)45-17-19-47(3,42)43)30(33(38)44-16-18-46(2,40)41)20-29(27-10-8-26(24-37)9-11-27)21-32(35)28-12-6-25(7-13-28)22-36-14-4-5-15-36/h6-13,20-21,23,32,37H,4-5,14-19,22,24H2,1-3H3. The molecule has 13 heteroatoms. The van der Waals surface area contributed by atoms with Crippen LogP contribution in [0.3, 0.4) is 0 Å². The molecule has 1 unspecified atom stereocenters. The molecule has 1 saturated heterocycles. The van der Waals surface area contributed by atoms with Gasteiger partial charge in [-0.2, -0.15) is 0 Å². The van der Waals surface area contributed by atoms with Crippen LogP contribution in [0.4, 0.5) is 0 Å². The molecule has 0 radical (unpaired) electrons. The van der Waals surface area contributed by atoms with Gasteiger partial charge in [0.25, 0.3) is 0 Å². The van der Waals surface area contributed by atoms with E-state index in [-0.39, 0.29) is 17.8 Å². The molecule has 11 nitrogen and oxygen atoms in total. The van der Waals surface area contributed by atoms with Gasteiger partial charge in [0.1, 0.15) is 13.2 Å². The maximum atomic E-state index is 13.5. The number of likely N-dealkylation sites (N-methyl/N-ethyl adjacent to an activating group) is 1. The van der Waals surface area contributed by atoms with Crippen molar-refractivity contribution in [2.45, 2.75) is 32.0 Å². The van der Waals surface area contributed by atoms with Crippen molar-refractivity contribution in [1.82, 2.24) is 9.80 Å². The highest BCUT2D eigenvalue weighted by molar-refractivity contribution is 7.90. The second-order valence-electron chi connectivity index (χ2n) is 11.9. The lowest BCUT2D eigenvalue weighted by Gasteiger charge is -2.29. The summed E-state index contributed by atoms with van der Waals surface area (Å²) < 4.78 is 57.4. The number of ether oxygens (including phenoxy) is 2. The Balaban J connectivity index is 1.79. The minimum absolute atomic E-state index is 0.158. The van der Waals surface area contributed by atoms with Crippen molar-refractivity contribution >= 4 is 37.2 Å². The lowest BCUT2D eigenvalue weighted by molar-refractivity contribution is -0.142. The maximum absolute atomic E-state index is 13.5. The fraction of sp³-hybridized carbons (Fsp3) is 0.412. The third kappa shape index (κ3) is 10.9. The molecule has 0 amide bonds. The number of hydrogen-bond acceptors (Lipinski definition) is 11. The van der Waals surface area contributed by atoms with Gasteiger partial charge in [0.2, 0.25) is 0 Å². The molecule has 1 atom stereocenters. The van der Waals surface area contributed by atoms with Gasteiger partial charge in [0.15, 0.2) is 19.7 Å². The van der Waals surface area contributed by atoms with Crippen LogP contribution < -0.4 is 0 Å². The lowest BCUT2D eigenvalue weighted by Crippen LogP contribution is -2.26. The SMILES string of the molecule is CN1C=C(C(=O)OCCS(C)(=O)=O)C(C(=O)OCCS(C)(=O)=O)=CC(c2ccc(CO)cc2)=CC1c1ccc(CN2CCCC2)cc1. The highest BCUT2D eigenvalue weighted by atomic mass is 32.2. The summed E-state index contributed by atoms with van der Waals surface area (Å²) in [5.41, 5.74) is 3.64. The Labute approximate surface area is 277 Å². The average molecular weight is 687 g/mol. The Morgan fingerprint density at radius 3 is 1.87 bits per heavy atom. The zero-order chi connectivity index (χ0) is 34.2. The van der Waals surface area contributed by atoms with Gasteiger partial charge in [-0.3, -0.25) is 4.90 Å². The largest absolute Gasteiger partial charge is 0.461 e. The van der Waals surface area contributed by atoms with E-state index in [1.165, 1.54) is 30.7 Å². The van der Waals surface area contributed by atoms with Crippen molar-refractivity contribution in [2.75, 3.05) is 57.4 Å². The number of benzene rings is 2. The average Bonchev–Trinajstić information content (AvgIpc) is 3.51. The molecule has 0 bridgehead atoms. The third-order valence-electron chi connectivity index (χ3n) is 7.91. The number of carbonyl (C=O) groups excluding carboxylic acids is 2. The second-order valence-corrected chi connectivity index (χ2v) is 16.5. The van der Waals surface area contributed by atoms with E-state index in [4.69, 9.17) is 9.47 Å². The molecule has 2 aromatic carbocycles. The number of sulfone groups is 2. The molecule has 2 aromatic rings. The summed E-state index contributed by atoms with van der Waals surface area (Å²) in [6.45, 7) is 1.99. The molecule has 0 aliphatic carbocycles. The predicted octanol–water partition coefficient (Wildman–Crippen LogP) is 2.83. The molecule has 47 heavy (non-hydrogen) atoms. The summed E-state index contributed by atoms with van der Waals surface area (Å²) in [7, 11) is -5.13. The fourth-order valence-electron chi connectivity index (χ4n) is 5.31. The van der Waals surface area contributed by atoms with E-state index in [0.717, 1.165) is 37.7 Å². The van der Waals surface area contributed by atoms with Gasteiger partial charge in [-0.25, -0.2) is 26.4 Å². The second kappa shape index (κ2) is 15.9. The first kappa shape index (κ1) is 36.1. The number of rotatable bonds is 13. The van der Waals surface area contributed by atoms with Crippen LogP contribution in [-0.2, 0) is 51.9 Å². The minimum atomic E-state index is -3.44. The van der Waals surface area contributed by atoms with Gasteiger partial charge < -0.3 is 19.5 Å². The molecule has 2 aliphatic rings. The minimum Gasteiger partial charge on any atom is -0.461 e. The number of allylic oxidation sites excluding steroid dienone is 2. The smallest absolute Gasteiger partial charge is 0.340 e. The molecule has 0 aromatic heterocycles. The molecular weight excluding hydrogens is 645 g/mol. The summed E-state index contributed by atoms with van der Waals surface area (Å²) >= 11 is 0. The van der Waals surface area contributed by atoms with Crippen molar-refractivity contribution in [3.05, 3.63) is 100 Å². The van der Waals surface area contributed by atoms with Crippen molar-refractivity contribution < 1.29 is 41.0 Å². The Morgan fingerprint density at radius 1 is 0.809 bits per heavy atom. The Morgan fingerprint density at radius 2 is 1.34 bits per heavy atom. The maximum Gasteiger partial charge on any atom is 0.340 e. The van der Waals surface area contributed by atoms with Crippen LogP contribution in [0.25, 0.3) is 5.57 Å². The van der Waals surface area contributed by atoms with Crippen LogP contribution in [0.15, 0.2) is 78.0 Å². The topological polar surface area (TPSA) is 148 Å². The Bertz CT molecular complexity index is 1740. The number of aliphatic hydroxyl groups is 1. The molecule has 2 aliphatic heterocycles. The molecule has 0 saturated carbocycles. The van der Waals surface area contributed by atoms with E-state index in [9.17, 15) is 31.5 Å². The van der Waals surface area contributed by atoms with Crippen LogP contribution in [0, 0.1) is 0 Å². The molecule has 0 spiro atoms. The van der Waals surface area contributed by atoms with E-state index >= 15 is 0 Å². The summed E-state index contributed by atoms with van der Waals surface area (Å²) in [6.07, 6.45) is 9.32. The summed E-state index contributed by atoms with van der Waals surface area (Å²) in [5, 5.41) is 9.59. The van der Waals surface area contributed by atoms with Crippen molar-refractivity contribution in [2.24, 2.45) is 0 Å². The third-order valence-corrected chi connectivity index (χ3v) is 9.73. The summed E-state index contributed by atoms with van der Waals surface area (Å²) in [5.74, 6) is -2.71. The van der Waals surface area contributed by atoms with Crippen LogP contribution in [0.1, 0.15) is 41.1 Å². The van der Waals surface area contributed by atoms with Gasteiger partial charge in [0.05, 0.1) is 35.3 Å². The van der Waals surface area contributed by atoms with Crippen LogP contribution in [0.5, 0.6) is 0 Å². The van der Waals surface area contributed by atoms with Crippen LogP contribution in [-0.4, -0.2) is 101 Å². The number of nitrogens with zero attached hydrogens (tertiary/aromatic N) is 2. The van der Waals surface area contributed by atoms with E-state index in [1.54, 1.807) is 36.2 Å². The predicted molar refractivity (Wildman–Crippen MR) is 179 cm³/mol. The molecule has 254 valence electrons. The first-order valence-corrected chi connectivity index (χ1v) is 19.4. The van der Waals surface area contributed by atoms with Gasteiger partial charge in [-0.05, 0) is 65.9 Å². The lowest BCUT2D eigenvalue weighted by atomic mass is 9.92. The summed E-state index contributed by atoms with van der Waals surface area (Å²) in [6, 6.07) is 14.9. The highest BCUT2D eigenvalue weighted by Crippen LogP contribution is 2.33. The van der Waals surface area contributed by atoms with Crippen molar-refractivity contribution in [1.29, 1.82) is 0 Å². The van der Waals surface area contributed by atoms with Crippen LogP contribution >= 0.6 is 0 Å². The van der Waals surface area contributed by atoms with Crippen molar-refractivity contribution in [3.8, 4) is 0 Å². The van der Waals surface area contributed by atoms with Gasteiger partial charge in [-0.1, -0.05) is 48.5 Å². The molecule has 2 heterocycles. The number of esters is 2. The van der Waals surface area contributed by atoms with Crippen LogP contribution in [0.2, 0.25) is 0 Å². The Kier molecular flexibility index (Phi) is 12.2. The highest BCUT2D eigenvalue weighted by Gasteiger charge is 2.29. The normalized spacial score (nSPS) is 17.7. The van der Waals surface area contributed by atoms with E-state index in [1.807, 2.05) is 18.2 Å². The first-order valence-electron chi connectivity index (χ1n) is 15.3. The van der Waals surface area contributed by atoms with Gasteiger partial charge in [0, 0.05) is 32.3 Å². The number of carbonyl (C=O) groups is 2. The monoisotopic (exact) mass is 686 g/mol. The van der Waals surface area contributed by atoms with Crippen molar-refractivity contribution in [3.63, 3.8) is 0 Å². The Hall–Kier alpha value is -3.78. The zero-order valence-corrected chi connectivity index (χ0v) is 28.6. The molecule has 1 N–H and O–H groups in total.